The van der Waals surface area contributed by atoms with Gasteiger partial charge in [-0.2, -0.15) is 13.2 Å². The maximum absolute atomic E-state index is 12.0. The lowest BCUT2D eigenvalue weighted by atomic mass is 10.2. The van der Waals surface area contributed by atoms with Crippen LogP contribution in [-0.2, 0) is 6.54 Å². The van der Waals surface area contributed by atoms with Gasteiger partial charge in [0.25, 0.3) is 0 Å². The van der Waals surface area contributed by atoms with Crippen LogP contribution in [0.5, 0.6) is 0 Å². The van der Waals surface area contributed by atoms with E-state index in [1.807, 2.05) is 0 Å². The van der Waals surface area contributed by atoms with E-state index in [4.69, 9.17) is 17.3 Å². The highest BCUT2D eigenvalue weighted by atomic mass is 35.5. The number of aryl methyl sites for hydroxylation is 1. The summed E-state index contributed by atoms with van der Waals surface area (Å²) in [6.45, 7) is 0.354. The summed E-state index contributed by atoms with van der Waals surface area (Å²) in [5, 5.41) is 0.439. The number of halogens is 4. The Kier molecular flexibility index (Phi) is 3.84. The summed E-state index contributed by atoms with van der Waals surface area (Å²) in [4.78, 5) is 8.17. The van der Waals surface area contributed by atoms with Gasteiger partial charge in [-0.25, -0.2) is 9.97 Å². The van der Waals surface area contributed by atoms with Gasteiger partial charge in [0.05, 0.1) is 5.02 Å². The maximum atomic E-state index is 12.0. The van der Waals surface area contributed by atoms with Gasteiger partial charge in [-0.05, 0) is 18.9 Å². The summed E-state index contributed by atoms with van der Waals surface area (Å²) >= 11 is 5.78. The van der Waals surface area contributed by atoms with Crippen LogP contribution in [0.2, 0.25) is 5.02 Å². The number of nitrogens with two attached hydrogens (primary N) is 1. The summed E-state index contributed by atoms with van der Waals surface area (Å²) in [5.74, 6) is 0.233. The lowest BCUT2D eigenvalue weighted by Crippen LogP contribution is -2.08. The molecule has 2 aromatic heterocycles. The highest BCUT2D eigenvalue weighted by Gasteiger charge is 2.25. The number of aromatic nitrogens is 3. The molecule has 0 aliphatic carbocycles. The minimum Gasteiger partial charge on any atom is -0.369 e. The van der Waals surface area contributed by atoms with Gasteiger partial charge in [0.2, 0.25) is 5.95 Å². The Bertz CT molecular complexity index is 579. The fourth-order valence-electron chi connectivity index (χ4n) is 1.82. The number of rotatable bonds is 4. The Labute approximate surface area is 112 Å². The molecule has 2 N–H and O–H groups in total. The van der Waals surface area contributed by atoms with Crippen LogP contribution < -0.4 is 5.73 Å². The molecule has 104 valence electrons. The summed E-state index contributed by atoms with van der Waals surface area (Å²) in [5.41, 5.74) is 6.80. The van der Waals surface area contributed by atoms with Crippen LogP contribution in [-0.4, -0.2) is 20.7 Å². The third-order valence-corrected chi connectivity index (χ3v) is 2.88. The fraction of sp³-hybridized carbons (Fsp3) is 0.455. The molecular formula is C11H12ClF3N4. The van der Waals surface area contributed by atoms with Crippen LogP contribution in [0.15, 0.2) is 12.3 Å². The molecule has 0 saturated carbocycles. The van der Waals surface area contributed by atoms with Crippen LogP contribution >= 0.6 is 11.6 Å². The molecule has 0 aliphatic heterocycles. The first-order chi connectivity index (χ1) is 8.87. The molecule has 0 spiro atoms. The molecular weight excluding hydrogens is 281 g/mol. The number of hydrogen-bond donors (Lipinski definition) is 1. The van der Waals surface area contributed by atoms with E-state index >= 15 is 0 Å². The molecule has 2 heterocycles. The van der Waals surface area contributed by atoms with E-state index in [1.54, 1.807) is 10.6 Å². The summed E-state index contributed by atoms with van der Waals surface area (Å²) in [6.07, 6.45) is -3.04. The van der Waals surface area contributed by atoms with E-state index < -0.39 is 12.6 Å². The lowest BCUT2D eigenvalue weighted by Gasteiger charge is -2.07. The number of nitrogen functional groups attached to an aromatic ring is 1. The molecule has 0 aliphatic rings. The standard InChI is InChI=1S/C11H12ClF3N4/c12-7-5-8-9(17-6-7)19(10(16)18-8)4-2-1-3-11(13,14)15/h5-6H,1-4H2,(H2,16,18). The first-order valence-electron chi connectivity index (χ1n) is 5.71. The monoisotopic (exact) mass is 292 g/mol. The maximum Gasteiger partial charge on any atom is 0.389 e. The van der Waals surface area contributed by atoms with Crippen molar-refractivity contribution in [3.8, 4) is 0 Å². The van der Waals surface area contributed by atoms with Gasteiger partial charge >= 0.3 is 6.18 Å². The third kappa shape index (κ3) is 3.50. The van der Waals surface area contributed by atoms with Gasteiger partial charge in [-0.1, -0.05) is 11.6 Å². The molecule has 4 nitrogen and oxygen atoms in total. The van der Waals surface area contributed by atoms with Crippen LogP contribution in [0, 0.1) is 0 Å². The van der Waals surface area contributed by atoms with Crippen molar-refractivity contribution in [3.05, 3.63) is 17.3 Å². The predicted molar refractivity (Wildman–Crippen MR) is 66.9 cm³/mol. The minimum absolute atomic E-state index is 0.0518. The van der Waals surface area contributed by atoms with Crippen molar-refractivity contribution in [1.29, 1.82) is 0 Å². The quantitative estimate of drug-likeness (QED) is 0.879. The molecule has 19 heavy (non-hydrogen) atoms. The van der Waals surface area contributed by atoms with Gasteiger partial charge in [0.15, 0.2) is 5.65 Å². The number of fused-ring (bicyclic) bond motifs is 1. The molecule has 0 amide bonds. The molecule has 8 heteroatoms. The second-order valence-corrected chi connectivity index (χ2v) is 4.63. The summed E-state index contributed by atoms with van der Waals surface area (Å²) in [6, 6.07) is 1.62. The van der Waals surface area contributed by atoms with Gasteiger partial charge in [-0.3, -0.25) is 4.57 Å². The van der Waals surface area contributed by atoms with Crippen molar-refractivity contribution in [1.82, 2.24) is 14.5 Å². The number of nitrogens with zero attached hydrogens (tertiary/aromatic N) is 3. The molecule has 0 bridgehead atoms. The van der Waals surface area contributed by atoms with Crippen molar-refractivity contribution in [2.24, 2.45) is 0 Å². The molecule has 0 aromatic carbocycles. The lowest BCUT2D eigenvalue weighted by molar-refractivity contribution is -0.135. The predicted octanol–water partition coefficient (Wildman–Crippen LogP) is 3.40. The zero-order valence-corrected chi connectivity index (χ0v) is 10.7. The fourth-order valence-corrected chi connectivity index (χ4v) is 1.97. The zero-order chi connectivity index (χ0) is 14.0. The van der Waals surface area contributed by atoms with Gasteiger partial charge in [-0.15, -0.1) is 0 Å². The van der Waals surface area contributed by atoms with Crippen LogP contribution in [0.1, 0.15) is 19.3 Å². The van der Waals surface area contributed by atoms with E-state index in [-0.39, 0.29) is 12.4 Å². The average Bonchev–Trinajstić information content (AvgIpc) is 2.58. The number of pyridine rings is 1. The topological polar surface area (TPSA) is 56.7 Å². The molecule has 0 radical (unpaired) electrons. The third-order valence-electron chi connectivity index (χ3n) is 2.67. The number of alkyl halides is 3. The highest BCUT2D eigenvalue weighted by Crippen LogP contribution is 2.24. The largest absolute Gasteiger partial charge is 0.389 e. The second kappa shape index (κ2) is 5.24. The highest BCUT2D eigenvalue weighted by molar-refractivity contribution is 6.31. The molecule has 0 fully saturated rings. The average molecular weight is 293 g/mol. The Morgan fingerprint density at radius 1 is 1.32 bits per heavy atom. The summed E-state index contributed by atoms with van der Waals surface area (Å²) < 4.78 is 37.7. The van der Waals surface area contributed by atoms with Crippen LogP contribution in [0.4, 0.5) is 19.1 Å². The Morgan fingerprint density at radius 2 is 2.05 bits per heavy atom. The summed E-state index contributed by atoms with van der Waals surface area (Å²) in [7, 11) is 0. The SMILES string of the molecule is Nc1nc2cc(Cl)cnc2n1CCCCC(F)(F)F. The Balaban J connectivity index is 2.06. The Morgan fingerprint density at radius 3 is 2.74 bits per heavy atom. The smallest absolute Gasteiger partial charge is 0.369 e. The van der Waals surface area contributed by atoms with E-state index in [0.717, 1.165) is 0 Å². The van der Waals surface area contributed by atoms with Gasteiger partial charge in [0, 0.05) is 19.2 Å². The van der Waals surface area contributed by atoms with Crippen molar-refractivity contribution in [3.63, 3.8) is 0 Å². The van der Waals surface area contributed by atoms with Crippen molar-refractivity contribution >= 4 is 28.7 Å². The first kappa shape index (κ1) is 13.9. The van der Waals surface area contributed by atoms with Gasteiger partial charge < -0.3 is 5.73 Å². The Hall–Kier alpha value is -1.50. The molecule has 0 saturated heterocycles. The van der Waals surface area contributed by atoms with Crippen LogP contribution in [0.3, 0.4) is 0 Å². The number of anilines is 1. The van der Waals surface area contributed by atoms with E-state index in [0.29, 0.717) is 29.2 Å². The molecule has 0 unspecified atom stereocenters. The molecule has 2 rings (SSSR count). The zero-order valence-electron chi connectivity index (χ0n) is 9.91. The van der Waals surface area contributed by atoms with Crippen molar-refractivity contribution < 1.29 is 13.2 Å². The number of imidazole rings is 1. The van der Waals surface area contributed by atoms with E-state index in [1.165, 1.54) is 6.20 Å². The van der Waals surface area contributed by atoms with Crippen molar-refractivity contribution in [2.75, 3.05) is 5.73 Å². The normalized spacial score (nSPS) is 12.2. The van der Waals surface area contributed by atoms with Gasteiger partial charge in [0.1, 0.15) is 5.52 Å². The number of hydrogen-bond acceptors (Lipinski definition) is 3. The molecule has 0 atom stereocenters. The van der Waals surface area contributed by atoms with E-state index in [9.17, 15) is 13.2 Å². The second-order valence-electron chi connectivity index (χ2n) is 4.19. The first-order valence-corrected chi connectivity index (χ1v) is 6.08. The van der Waals surface area contributed by atoms with E-state index in [2.05, 4.69) is 9.97 Å². The van der Waals surface area contributed by atoms with Crippen LogP contribution in [0.25, 0.3) is 11.2 Å². The minimum atomic E-state index is -4.12. The number of unbranched alkanes of at least 4 members (excludes halogenated alkanes) is 1. The molecule has 2 aromatic rings. The van der Waals surface area contributed by atoms with Crippen molar-refractivity contribution in [2.45, 2.75) is 32.0 Å².